The van der Waals surface area contributed by atoms with Crippen molar-refractivity contribution in [2.45, 2.75) is 20.3 Å². The molecule has 21 heavy (non-hydrogen) atoms. The van der Waals surface area contributed by atoms with Crippen LogP contribution in [0.5, 0.6) is 0 Å². The average molecular weight is 285 g/mol. The van der Waals surface area contributed by atoms with E-state index in [2.05, 4.69) is 5.32 Å². The van der Waals surface area contributed by atoms with E-state index >= 15 is 0 Å². The highest BCUT2D eigenvalue weighted by molar-refractivity contribution is 6.09. The Morgan fingerprint density at radius 1 is 1.38 bits per heavy atom. The smallest absolute Gasteiger partial charge is 0.244 e. The Balaban J connectivity index is 2.08. The Morgan fingerprint density at radius 2 is 2.05 bits per heavy atom. The molecule has 3 amide bonds. The van der Waals surface area contributed by atoms with E-state index in [-0.39, 0.29) is 24.8 Å². The van der Waals surface area contributed by atoms with E-state index in [0.29, 0.717) is 11.3 Å². The monoisotopic (exact) mass is 285 g/mol. The topological polar surface area (TPSA) is 90.3 Å². The Labute approximate surface area is 122 Å². The normalized spacial score (nSPS) is 16.7. The summed E-state index contributed by atoms with van der Waals surface area (Å²) < 4.78 is 0. The van der Waals surface area contributed by atoms with Gasteiger partial charge in [0.25, 0.3) is 0 Å². The molecular weight excluding hydrogens is 270 g/mol. The fourth-order valence-corrected chi connectivity index (χ4v) is 2.21. The van der Waals surface area contributed by atoms with Crippen molar-refractivity contribution < 1.29 is 14.4 Å². The van der Waals surface area contributed by atoms with Crippen LogP contribution in [0.2, 0.25) is 0 Å². The van der Waals surface area contributed by atoms with Crippen LogP contribution in [-0.4, -0.2) is 29.2 Å². The largest absolute Gasteiger partial charge is 0.323 e. The van der Waals surface area contributed by atoms with E-state index in [4.69, 9.17) is 5.26 Å². The molecule has 108 valence electrons. The number of carbonyl (C=O) groups excluding carboxylic acids is 3. The minimum Gasteiger partial charge on any atom is -0.323 e. The third-order valence-corrected chi connectivity index (χ3v) is 3.34. The van der Waals surface area contributed by atoms with Crippen molar-refractivity contribution >= 4 is 23.4 Å². The van der Waals surface area contributed by atoms with Gasteiger partial charge >= 0.3 is 0 Å². The van der Waals surface area contributed by atoms with E-state index in [1.54, 1.807) is 38.1 Å². The molecule has 6 nitrogen and oxygen atoms in total. The second-order valence-electron chi connectivity index (χ2n) is 5.55. The molecular formula is C15H15N3O3. The van der Waals surface area contributed by atoms with E-state index in [9.17, 15) is 14.4 Å². The number of nitriles is 1. The molecule has 0 spiro atoms. The summed E-state index contributed by atoms with van der Waals surface area (Å²) in [7, 11) is 0. The van der Waals surface area contributed by atoms with Crippen LogP contribution in [-0.2, 0) is 14.4 Å². The van der Waals surface area contributed by atoms with Crippen LogP contribution in [0.15, 0.2) is 24.3 Å². The molecule has 2 rings (SSSR count). The molecule has 1 N–H and O–H groups in total. The number of hydrogen-bond acceptors (Lipinski definition) is 4. The number of benzene rings is 1. The zero-order valence-corrected chi connectivity index (χ0v) is 11.8. The van der Waals surface area contributed by atoms with E-state index in [1.807, 2.05) is 6.07 Å². The van der Waals surface area contributed by atoms with Crippen LogP contribution in [0.1, 0.15) is 25.8 Å². The fourth-order valence-electron chi connectivity index (χ4n) is 2.21. The highest BCUT2D eigenvalue weighted by Gasteiger charge is 2.45. The predicted octanol–water partition coefficient (Wildman–Crippen LogP) is 1.28. The van der Waals surface area contributed by atoms with Gasteiger partial charge in [-0.05, 0) is 12.1 Å². The van der Waals surface area contributed by atoms with Gasteiger partial charge in [-0.3, -0.25) is 19.3 Å². The molecule has 1 aliphatic heterocycles. The number of anilines is 1. The van der Waals surface area contributed by atoms with Crippen molar-refractivity contribution in [1.29, 1.82) is 5.26 Å². The standard InChI is InChI=1S/C15H15N3O3/c1-15(2)7-13(20)18(14(15)21)9-12(19)17-11-6-4-3-5-10(11)8-16/h3-6H,7,9H2,1-2H3,(H,17,19). The van der Waals surface area contributed by atoms with Crippen LogP contribution < -0.4 is 5.32 Å². The van der Waals surface area contributed by atoms with Crippen LogP contribution in [0.4, 0.5) is 5.69 Å². The van der Waals surface area contributed by atoms with Crippen molar-refractivity contribution in [3.8, 4) is 6.07 Å². The molecule has 0 aromatic heterocycles. The molecule has 0 radical (unpaired) electrons. The maximum absolute atomic E-state index is 12.0. The number of imide groups is 1. The van der Waals surface area contributed by atoms with E-state index in [0.717, 1.165) is 4.90 Å². The van der Waals surface area contributed by atoms with Gasteiger partial charge in [0.2, 0.25) is 17.7 Å². The molecule has 1 fully saturated rings. The van der Waals surface area contributed by atoms with Crippen LogP contribution >= 0.6 is 0 Å². The summed E-state index contributed by atoms with van der Waals surface area (Å²) in [5.41, 5.74) is -0.0735. The first-order chi connectivity index (χ1) is 9.85. The highest BCUT2D eigenvalue weighted by Crippen LogP contribution is 2.31. The average Bonchev–Trinajstić information content (AvgIpc) is 2.61. The predicted molar refractivity (Wildman–Crippen MR) is 74.9 cm³/mol. The summed E-state index contributed by atoms with van der Waals surface area (Å²) in [5, 5.41) is 11.5. The first-order valence-electron chi connectivity index (χ1n) is 6.49. The van der Waals surface area contributed by atoms with Gasteiger partial charge in [-0.2, -0.15) is 5.26 Å². The van der Waals surface area contributed by atoms with Gasteiger partial charge in [0.1, 0.15) is 12.6 Å². The quantitative estimate of drug-likeness (QED) is 0.847. The molecule has 1 aromatic carbocycles. The number of carbonyl (C=O) groups is 3. The second-order valence-corrected chi connectivity index (χ2v) is 5.55. The SMILES string of the molecule is CC1(C)CC(=O)N(CC(=O)Nc2ccccc2C#N)C1=O. The molecule has 0 bridgehead atoms. The lowest BCUT2D eigenvalue weighted by atomic mass is 9.92. The molecule has 0 aliphatic carbocycles. The number of nitrogens with one attached hydrogen (secondary N) is 1. The van der Waals surface area contributed by atoms with Gasteiger partial charge in [0, 0.05) is 6.42 Å². The van der Waals surface area contributed by atoms with E-state index < -0.39 is 11.3 Å². The van der Waals surface area contributed by atoms with Crippen molar-refractivity contribution in [2.75, 3.05) is 11.9 Å². The maximum Gasteiger partial charge on any atom is 0.244 e. The molecule has 1 aliphatic rings. The Hall–Kier alpha value is -2.68. The summed E-state index contributed by atoms with van der Waals surface area (Å²) in [5.74, 6) is -1.21. The number of hydrogen-bond donors (Lipinski definition) is 1. The minimum atomic E-state index is -0.762. The van der Waals surface area contributed by atoms with Gasteiger partial charge in [-0.1, -0.05) is 26.0 Å². The molecule has 1 heterocycles. The van der Waals surface area contributed by atoms with Gasteiger partial charge < -0.3 is 5.32 Å². The molecule has 6 heteroatoms. The third kappa shape index (κ3) is 2.92. The van der Waals surface area contributed by atoms with Crippen molar-refractivity contribution in [1.82, 2.24) is 4.90 Å². The number of amides is 3. The van der Waals surface area contributed by atoms with Gasteiger partial charge in [-0.15, -0.1) is 0 Å². The molecule has 0 atom stereocenters. The lowest BCUT2D eigenvalue weighted by Gasteiger charge is -2.17. The number of rotatable bonds is 3. The van der Waals surface area contributed by atoms with Crippen LogP contribution in [0, 0.1) is 16.7 Å². The second kappa shape index (κ2) is 5.37. The summed E-state index contributed by atoms with van der Waals surface area (Å²) in [4.78, 5) is 36.7. The summed E-state index contributed by atoms with van der Waals surface area (Å²) in [6.45, 7) is 3.02. The van der Waals surface area contributed by atoms with E-state index in [1.165, 1.54) is 0 Å². The Morgan fingerprint density at radius 3 is 2.62 bits per heavy atom. The van der Waals surface area contributed by atoms with Crippen molar-refractivity contribution in [2.24, 2.45) is 5.41 Å². The lowest BCUT2D eigenvalue weighted by molar-refractivity contribution is -0.143. The summed E-state index contributed by atoms with van der Waals surface area (Å²) in [6.07, 6.45) is 0.105. The number of likely N-dealkylation sites (tertiary alicyclic amines) is 1. The Bertz CT molecular complexity index is 658. The first kappa shape index (κ1) is 14.7. The zero-order valence-electron chi connectivity index (χ0n) is 11.8. The maximum atomic E-state index is 12.0. The molecule has 1 saturated heterocycles. The molecule has 1 aromatic rings. The van der Waals surface area contributed by atoms with Gasteiger partial charge in [0.15, 0.2) is 0 Å². The first-order valence-corrected chi connectivity index (χ1v) is 6.49. The van der Waals surface area contributed by atoms with Gasteiger partial charge in [-0.25, -0.2) is 0 Å². The summed E-state index contributed by atoms with van der Waals surface area (Å²) in [6, 6.07) is 8.50. The molecule has 0 saturated carbocycles. The van der Waals surface area contributed by atoms with Crippen molar-refractivity contribution in [3.05, 3.63) is 29.8 Å². The minimum absolute atomic E-state index is 0.105. The Kier molecular flexibility index (Phi) is 3.76. The number of para-hydroxylation sites is 1. The number of nitrogens with zero attached hydrogens (tertiary/aromatic N) is 2. The summed E-state index contributed by atoms with van der Waals surface area (Å²) >= 11 is 0. The highest BCUT2D eigenvalue weighted by atomic mass is 16.2. The fraction of sp³-hybridized carbons (Fsp3) is 0.333. The van der Waals surface area contributed by atoms with Crippen molar-refractivity contribution in [3.63, 3.8) is 0 Å². The van der Waals surface area contributed by atoms with Crippen LogP contribution in [0.3, 0.4) is 0 Å². The van der Waals surface area contributed by atoms with Gasteiger partial charge in [0.05, 0.1) is 16.7 Å². The zero-order chi connectivity index (χ0) is 15.6. The van der Waals surface area contributed by atoms with Crippen LogP contribution in [0.25, 0.3) is 0 Å². The lowest BCUT2D eigenvalue weighted by Crippen LogP contribution is -2.39. The molecule has 0 unspecified atom stereocenters. The third-order valence-electron chi connectivity index (χ3n) is 3.34.